The fourth-order valence-electron chi connectivity index (χ4n) is 8.92. The molecule has 0 atom stereocenters. The molecule has 0 N–H and O–H groups in total. The second kappa shape index (κ2) is 12.9. The molecule has 57 heavy (non-hydrogen) atoms. The van der Waals surface area contributed by atoms with Crippen LogP contribution in [-0.2, 0) is 8.85 Å². The Bertz CT molecular complexity index is 2730. The molecule has 0 unspecified atom stereocenters. The van der Waals surface area contributed by atoms with E-state index in [0.29, 0.717) is 116 Å². The highest BCUT2D eigenvalue weighted by atomic mass is 28.4. The van der Waals surface area contributed by atoms with Crippen LogP contribution in [-0.4, -0.2) is 93.8 Å². The fraction of sp³-hybridized carbons (Fsp3) is 0.368. The highest BCUT2D eigenvalue weighted by molar-refractivity contribution is 6.66. The van der Waals surface area contributed by atoms with E-state index in [1.54, 1.807) is 49.6 Å². The maximum Gasteiger partial charge on any atom is 0.603 e. The predicted octanol–water partition coefficient (Wildman–Crippen LogP) is 3.73. The fourth-order valence-corrected chi connectivity index (χ4v) is 12.3. The van der Waals surface area contributed by atoms with Crippen LogP contribution in [0.5, 0.6) is 0 Å². The first-order valence-corrected chi connectivity index (χ1v) is 21.4. The third-order valence-electron chi connectivity index (χ3n) is 11.6. The minimum absolute atomic E-state index is 0.300. The zero-order chi connectivity index (χ0) is 37.5. The Labute approximate surface area is 324 Å². The molecule has 2 saturated carbocycles. The van der Waals surface area contributed by atoms with Crippen molar-refractivity contribution in [2.45, 2.75) is 64.2 Å². The third kappa shape index (κ3) is 5.07. The smallest absolute Gasteiger partial charge is 0.361 e. The first-order chi connectivity index (χ1) is 28.2. The quantitative estimate of drug-likeness (QED) is 0.224. The van der Waals surface area contributed by atoms with Gasteiger partial charge in [-0.05, 0) is 37.5 Å². The largest absolute Gasteiger partial charge is 0.603 e. The van der Waals surface area contributed by atoms with Crippen LogP contribution in [0, 0.1) is 11.8 Å². The number of fused-ring (bicyclic) bond motifs is 14. The van der Waals surface area contributed by atoms with Gasteiger partial charge in [0.2, 0.25) is 0 Å². The molecule has 0 amide bonds. The van der Waals surface area contributed by atoms with Gasteiger partial charge in [-0.1, -0.05) is 38.5 Å². The number of hydrogen-bond donors (Lipinski definition) is 0. The lowest BCUT2D eigenvalue weighted by atomic mass is 9.90. The lowest BCUT2D eigenvalue weighted by molar-refractivity contribution is 0.0935. The summed E-state index contributed by atoms with van der Waals surface area (Å²) in [5.74, 6) is 2.65. The van der Waals surface area contributed by atoms with Gasteiger partial charge in [-0.25, -0.2) is 69.8 Å². The number of nitrogens with zero attached hydrogens (tertiary/aromatic N) is 16. The van der Waals surface area contributed by atoms with Gasteiger partial charge in [0.1, 0.15) is 44.8 Å². The van der Waals surface area contributed by atoms with Gasteiger partial charge in [-0.3, -0.25) is 8.47 Å². The minimum atomic E-state index is -4.30. The summed E-state index contributed by atoms with van der Waals surface area (Å²) in [5.41, 5.74) is 4.61. The van der Waals surface area contributed by atoms with Crippen molar-refractivity contribution in [2.24, 2.45) is 41.8 Å². The molecule has 19 heteroatoms. The molecule has 6 aliphatic rings. The molecule has 0 spiro atoms. The van der Waals surface area contributed by atoms with Crippen molar-refractivity contribution < 1.29 is 8.85 Å². The van der Waals surface area contributed by atoms with E-state index in [1.807, 2.05) is 8.47 Å². The SMILES string of the molecule is c1cnc2c(n1)C1=NC/2=N\c2c3nccnc3c3n2[Si](OCC2CCCCC2)(OCC2CCCCC2)n2/c(c4nccnc4/c2=N/C2=NC(=N\3)/c3nccnc32)=N\1. The van der Waals surface area contributed by atoms with Gasteiger partial charge in [0.25, 0.3) is 0 Å². The second-order valence-electron chi connectivity index (χ2n) is 15.1. The van der Waals surface area contributed by atoms with Crippen molar-refractivity contribution in [3.8, 4) is 0 Å². The van der Waals surface area contributed by atoms with Gasteiger partial charge in [0.05, 0.1) is 0 Å². The lowest BCUT2D eigenvalue weighted by Gasteiger charge is -2.36. The molecule has 12 rings (SSSR count). The van der Waals surface area contributed by atoms with Gasteiger partial charge in [0.15, 0.2) is 46.0 Å². The van der Waals surface area contributed by atoms with Crippen molar-refractivity contribution in [2.75, 3.05) is 13.2 Å². The van der Waals surface area contributed by atoms with E-state index < -0.39 is 8.88 Å². The van der Waals surface area contributed by atoms with E-state index in [9.17, 15) is 0 Å². The second-order valence-corrected chi connectivity index (χ2v) is 17.7. The summed E-state index contributed by atoms with van der Waals surface area (Å²) >= 11 is 0. The summed E-state index contributed by atoms with van der Waals surface area (Å²) in [6.07, 6.45) is 24.3. The van der Waals surface area contributed by atoms with E-state index in [4.69, 9.17) is 78.7 Å². The van der Waals surface area contributed by atoms with Gasteiger partial charge >= 0.3 is 8.88 Å². The minimum Gasteiger partial charge on any atom is -0.361 e. The average Bonchev–Trinajstić information content (AvgIpc) is 3.98. The number of rotatable bonds is 6. The Morgan fingerprint density at radius 1 is 0.421 bits per heavy atom. The van der Waals surface area contributed by atoms with Crippen molar-refractivity contribution in [1.82, 2.24) is 48.3 Å². The predicted molar refractivity (Wildman–Crippen MR) is 209 cm³/mol. The average molecular weight is 775 g/mol. The van der Waals surface area contributed by atoms with Crippen molar-refractivity contribution in [3.05, 3.63) is 83.3 Å². The Kier molecular flexibility index (Phi) is 7.49. The molecular weight excluding hydrogens is 741 g/mol. The zero-order valence-electron chi connectivity index (χ0n) is 30.7. The third-order valence-corrected chi connectivity index (χ3v) is 14.7. The van der Waals surface area contributed by atoms with Crippen LogP contribution in [0.1, 0.15) is 87.0 Å². The van der Waals surface area contributed by atoms with Gasteiger partial charge < -0.3 is 8.85 Å². The van der Waals surface area contributed by atoms with Crippen LogP contribution in [0.2, 0.25) is 0 Å². The Morgan fingerprint density at radius 3 is 1.21 bits per heavy atom. The highest BCUT2D eigenvalue weighted by Gasteiger charge is 2.54. The number of aliphatic imine (C=N–C) groups is 4. The standard InChI is InChI=1S/C38H34N16O2Si/c1-3-7-21(8-4-1)19-55-57(56-20-22-9-5-2-6-10-22)53-35-27-28(44-16-15-43-27)37(53)51-33-25-26(42-14-13-41-25)34(48-33)52-38-30-29(45-17-18-46-30)36(54(38)57)50-32-24-23(31(47-32)49-35)39-11-12-40-24/h11-18,21-22H,1-10,19-20H2/b49-31-,49-35?,50-32?,50-36-,51-33-,51-37?,52-34?,52-38-. The lowest BCUT2D eigenvalue weighted by Crippen LogP contribution is -2.64. The maximum absolute atomic E-state index is 7.67. The van der Waals surface area contributed by atoms with E-state index in [-0.39, 0.29) is 0 Å². The van der Waals surface area contributed by atoms with Crippen LogP contribution in [0.3, 0.4) is 0 Å². The maximum atomic E-state index is 7.67. The molecule has 6 bridgehead atoms. The summed E-state index contributed by atoms with van der Waals surface area (Å²) in [5, 5.41) is 0. The normalized spacial score (nSPS) is 22.5. The molecule has 282 valence electrons. The molecule has 10 heterocycles. The summed E-state index contributed by atoms with van der Waals surface area (Å²) in [4.78, 5) is 69.7. The van der Waals surface area contributed by atoms with Gasteiger partial charge in [-0.15, -0.1) is 0 Å². The van der Waals surface area contributed by atoms with Crippen LogP contribution < -0.4 is 11.0 Å². The number of hydrogen-bond acceptors (Lipinski definition) is 16. The highest BCUT2D eigenvalue weighted by Crippen LogP contribution is 2.42. The van der Waals surface area contributed by atoms with Gasteiger partial charge in [0, 0.05) is 62.8 Å². The van der Waals surface area contributed by atoms with E-state index >= 15 is 0 Å². The van der Waals surface area contributed by atoms with Gasteiger partial charge in [-0.2, -0.15) is 0 Å². The molecular formula is C38H34N16O2Si. The topological polar surface area (TPSA) is 206 Å². The molecule has 4 aliphatic heterocycles. The van der Waals surface area contributed by atoms with E-state index in [2.05, 4.69) is 0 Å². The van der Waals surface area contributed by atoms with Crippen molar-refractivity contribution in [1.29, 1.82) is 0 Å². The van der Waals surface area contributed by atoms with Crippen LogP contribution in [0.15, 0.2) is 79.5 Å². The summed E-state index contributed by atoms with van der Waals surface area (Å²) in [7, 11) is -4.30. The first kappa shape index (κ1) is 33.0. The molecule has 18 nitrogen and oxygen atoms in total. The van der Waals surface area contributed by atoms with Crippen LogP contribution >= 0.6 is 0 Å². The molecule has 6 aromatic heterocycles. The molecule has 2 aliphatic carbocycles. The van der Waals surface area contributed by atoms with Crippen LogP contribution in [0.25, 0.3) is 22.1 Å². The molecule has 6 aromatic rings. The number of aromatic nitrogens is 10. The summed E-state index contributed by atoms with van der Waals surface area (Å²) in [6, 6.07) is 0. The van der Waals surface area contributed by atoms with Crippen molar-refractivity contribution in [3.63, 3.8) is 0 Å². The number of amidine groups is 4. The molecule has 0 aromatic carbocycles. The Balaban J connectivity index is 1.29. The zero-order valence-corrected chi connectivity index (χ0v) is 31.7. The first-order valence-electron chi connectivity index (χ1n) is 19.6. The summed E-state index contributed by atoms with van der Waals surface area (Å²) in [6.45, 7) is 0.836. The molecule has 0 radical (unpaired) electrons. The van der Waals surface area contributed by atoms with Crippen molar-refractivity contribution >= 4 is 65.9 Å². The van der Waals surface area contributed by atoms with Crippen LogP contribution in [0.4, 0.5) is 11.6 Å². The van der Waals surface area contributed by atoms with E-state index in [0.717, 1.165) is 51.4 Å². The molecule has 2 fully saturated rings. The Hall–Kier alpha value is -6.18. The van der Waals surface area contributed by atoms with E-state index in [1.165, 1.54) is 12.8 Å². The molecule has 0 saturated heterocycles. The Morgan fingerprint density at radius 2 is 0.789 bits per heavy atom. The summed E-state index contributed by atoms with van der Waals surface area (Å²) < 4.78 is 19.3. The monoisotopic (exact) mass is 774 g/mol.